The molecule has 0 spiro atoms. The number of aliphatic hydroxyl groups is 1. The van der Waals surface area contributed by atoms with E-state index < -0.39 is 0 Å². The fourth-order valence-electron chi connectivity index (χ4n) is 9.92. The summed E-state index contributed by atoms with van der Waals surface area (Å²) in [7, 11) is 0. The highest BCUT2D eigenvalue weighted by atomic mass is 16.5. The molecule has 1 N–H and O–H groups in total. The molecule has 1 saturated heterocycles. The molecule has 1 aliphatic heterocycles. The van der Waals surface area contributed by atoms with Crippen molar-refractivity contribution in [2.75, 3.05) is 65.5 Å². The summed E-state index contributed by atoms with van der Waals surface area (Å²) in [5, 5.41) is 9.28. The molecule has 0 saturated carbocycles. The number of hydrogen-bond donors (Lipinski definition) is 1. The SMILES string of the molecule is CCCCCCCCCCCC(CCCCCCCCC)OC(=O)CCN(CCCN1CCN(CCCO)CC1)CCC(=O)OC(CCCCCCCCC)CCCCCCCCCCC. The van der Waals surface area contributed by atoms with Gasteiger partial charge in [-0.2, -0.15) is 0 Å². The molecule has 1 aliphatic rings. The van der Waals surface area contributed by atoms with Crippen LogP contribution in [0.15, 0.2) is 0 Å². The number of aliphatic hydroxyl groups excluding tert-OH is 1. The molecule has 2 atom stereocenters. The highest BCUT2D eigenvalue weighted by Gasteiger charge is 2.20. The third-order valence-corrected chi connectivity index (χ3v) is 14.4. The van der Waals surface area contributed by atoms with Gasteiger partial charge in [-0.3, -0.25) is 9.59 Å². The smallest absolute Gasteiger partial charge is 0.307 e. The molecule has 392 valence electrons. The van der Waals surface area contributed by atoms with Crippen molar-refractivity contribution >= 4 is 11.9 Å². The largest absolute Gasteiger partial charge is 0.462 e. The molecular formula is C58H115N3O5. The lowest BCUT2D eigenvalue weighted by Gasteiger charge is -2.35. The van der Waals surface area contributed by atoms with Crippen LogP contribution >= 0.6 is 0 Å². The first kappa shape index (κ1) is 62.8. The molecular weight excluding hydrogens is 819 g/mol. The van der Waals surface area contributed by atoms with Gasteiger partial charge >= 0.3 is 11.9 Å². The minimum atomic E-state index is -0.0684. The molecule has 0 aliphatic carbocycles. The van der Waals surface area contributed by atoms with Gasteiger partial charge in [-0.1, -0.05) is 207 Å². The third kappa shape index (κ3) is 40.6. The number of unbranched alkanes of at least 4 members (excludes halogenated alkanes) is 28. The third-order valence-electron chi connectivity index (χ3n) is 14.4. The summed E-state index contributed by atoms with van der Waals surface area (Å²) in [6, 6.07) is 0. The number of esters is 2. The monoisotopic (exact) mass is 934 g/mol. The van der Waals surface area contributed by atoms with Gasteiger partial charge in [-0.25, -0.2) is 0 Å². The Morgan fingerprint density at radius 1 is 0.394 bits per heavy atom. The lowest BCUT2D eigenvalue weighted by atomic mass is 10.0. The van der Waals surface area contributed by atoms with E-state index >= 15 is 0 Å². The fourth-order valence-corrected chi connectivity index (χ4v) is 9.92. The second-order valence-corrected chi connectivity index (χ2v) is 20.7. The quantitative estimate of drug-likeness (QED) is 0.0477. The summed E-state index contributed by atoms with van der Waals surface area (Å²) in [5.74, 6) is -0.137. The first-order chi connectivity index (χ1) is 32.4. The Kier molecular flexibility index (Phi) is 46.4. The van der Waals surface area contributed by atoms with Crippen molar-refractivity contribution in [2.24, 2.45) is 0 Å². The fraction of sp³-hybridized carbons (Fsp3) is 0.966. The number of carbonyl (C=O) groups excluding carboxylic acids is 2. The number of carbonyl (C=O) groups is 2. The maximum atomic E-state index is 13.6. The lowest BCUT2D eigenvalue weighted by molar-refractivity contribution is -0.150. The number of ether oxygens (including phenoxy) is 2. The van der Waals surface area contributed by atoms with Crippen LogP contribution in [0.1, 0.15) is 285 Å². The van der Waals surface area contributed by atoms with Gasteiger partial charge in [-0.05, 0) is 77.3 Å². The van der Waals surface area contributed by atoms with E-state index in [1.54, 1.807) is 0 Å². The van der Waals surface area contributed by atoms with Gasteiger partial charge in [0.05, 0.1) is 12.8 Å². The van der Waals surface area contributed by atoms with Crippen LogP contribution in [0.25, 0.3) is 0 Å². The van der Waals surface area contributed by atoms with Crippen LogP contribution in [0.4, 0.5) is 0 Å². The van der Waals surface area contributed by atoms with Crippen molar-refractivity contribution in [3.05, 3.63) is 0 Å². The van der Waals surface area contributed by atoms with E-state index in [-0.39, 0.29) is 30.8 Å². The molecule has 0 aromatic carbocycles. The van der Waals surface area contributed by atoms with E-state index in [0.717, 1.165) is 110 Å². The maximum absolute atomic E-state index is 13.6. The van der Waals surface area contributed by atoms with Crippen molar-refractivity contribution in [3.8, 4) is 0 Å². The summed E-state index contributed by atoms with van der Waals surface area (Å²) in [5.41, 5.74) is 0. The maximum Gasteiger partial charge on any atom is 0.307 e. The molecule has 0 bridgehead atoms. The van der Waals surface area contributed by atoms with Crippen molar-refractivity contribution < 1.29 is 24.2 Å². The van der Waals surface area contributed by atoms with Gasteiger partial charge in [0.2, 0.25) is 0 Å². The zero-order valence-electron chi connectivity index (χ0n) is 44.9. The topological polar surface area (TPSA) is 82.5 Å². The zero-order valence-corrected chi connectivity index (χ0v) is 44.9. The van der Waals surface area contributed by atoms with Crippen LogP contribution in [-0.2, 0) is 19.1 Å². The van der Waals surface area contributed by atoms with Crippen LogP contribution in [0.3, 0.4) is 0 Å². The van der Waals surface area contributed by atoms with Crippen molar-refractivity contribution in [1.82, 2.24) is 14.7 Å². The van der Waals surface area contributed by atoms with E-state index in [1.807, 2.05) is 0 Å². The summed E-state index contributed by atoms with van der Waals surface area (Å²) in [4.78, 5) is 34.5. The Morgan fingerprint density at radius 3 is 0.955 bits per heavy atom. The molecule has 0 aromatic rings. The number of piperazine rings is 1. The predicted molar refractivity (Wildman–Crippen MR) is 284 cm³/mol. The Labute approximate surface area is 411 Å². The van der Waals surface area contributed by atoms with Crippen molar-refractivity contribution in [1.29, 1.82) is 0 Å². The van der Waals surface area contributed by atoms with Crippen molar-refractivity contribution in [3.63, 3.8) is 0 Å². The van der Waals surface area contributed by atoms with Crippen LogP contribution in [0.2, 0.25) is 0 Å². The molecule has 66 heavy (non-hydrogen) atoms. The summed E-state index contributed by atoms with van der Waals surface area (Å²) in [6.07, 6.45) is 48.0. The molecule has 0 amide bonds. The van der Waals surface area contributed by atoms with Gasteiger partial charge in [-0.15, -0.1) is 0 Å². The van der Waals surface area contributed by atoms with Gasteiger partial charge in [0, 0.05) is 52.4 Å². The molecule has 8 nitrogen and oxygen atoms in total. The molecule has 1 heterocycles. The highest BCUT2D eigenvalue weighted by molar-refractivity contribution is 5.70. The van der Waals surface area contributed by atoms with Crippen LogP contribution < -0.4 is 0 Å². The van der Waals surface area contributed by atoms with E-state index in [2.05, 4.69) is 42.4 Å². The Bertz CT molecular complexity index is 961. The molecule has 0 aromatic heterocycles. The number of rotatable bonds is 51. The standard InChI is InChI=1S/C58H115N3O5/c1-5-9-13-17-21-23-27-31-35-41-55(39-33-29-25-19-15-11-7-3)65-57(63)43-48-59(45-37-46-60-50-52-61(53-51-60)47-38-54-62)49-44-58(64)66-56(40-34-30-26-20-16-12-8-4)42-36-32-28-24-22-18-14-10-6-2/h55-56,62H,5-54H2,1-4H3. The van der Waals surface area contributed by atoms with E-state index in [1.165, 1.54) is 180 Å². The number of nitrogens with zero attached hydrogens (tertiary/aromatic N) is 3. The van der Waals surface area contributed by atoms with Gasteiger partial charge in [0.1, 0.15) is 12.2 Å². The highest BCUT2D eigenvalue weighted by Crippen LogP contribution is 2.21. The van der Waals surface area contributed by atoms with E-state index in [0.29, 0.717) is 25.9 Å². The summed E-state index contributed by atoms with van der Waals surface area (Å²) < 4.78 is 12.6. The minimum Gasteiger partial charge on any atom is -0.462 e. The molecule has 0 radical (unpaired) electrons. The van der Waals surface area contributed by atoms with Crippen molar-refractivity contribution in [2.45, 2.75) is 297 Å². The zero-order chi connectivity index (χ0) is 47.8. The Morgan fingerprint density at radius 2 is 0.667 bits per heavy atom. The second-order valence-electron chi connectivity index (χ2n) is 20.7. The normalized spacial score (nSPS) is 14.6. The minimum absolute atomic E-state index is 0.0243. The first-order valence-electron chi connectivity index (χ1n) is 29.6. The first-order valence-corrected chi connectivity index (χ1v) is 29.6. The van der Waals surface area contributed by atoms with Gasteiger partial charge < -0.3 is 29.3 Å². The van der Waals surface area contributed by atoms with Crippen LogP contribution in [0, 0.1) is 0 Å². The Hall–Kier alpha value is -1.22. The molecule has 2 unspecified atom stereocenters. The molecule has 8 heteroatoms. The molecule has 1 rings (SSSR count). The molecule has 1 fully saturated rings. The Balaban J connectivity index is 2.82. The summed E-state index contributed by atoms with van der Waals surface area (Å²) >= 11 is 0. The average molecular weight is 935 g/mol. The predicted octanol–water partition coefficient (Wildman–Crippen LogP) is 15.4. The van der Waals surface area contributed by atoms with Gasteiger partial charge in [0.15, 0.2) is 0 Å². The average Bonchev–Trinajstić information content (AvgIpc) is 3.32. The number of hydrogen-bond acceptors (Lipinski definition) is 8. The second kappa shape index (κ2) is 48.8. The van der Waals surface area contributed by atoms with E-state index in [4.69, 9.17) is 9.47 Å². The summed E-state index contributed by atoms with van der Waals surface area (Å²) in [6.45, 7) is 17.7. The van der Waals surface area contributed by atoms with Crippen LogP contribution in [-0.4, -0.2) is 109 Å². The van der Waals surface area contributed by atoms with Gasteiger partial charge in [0.25, 0.3) is 0 Å². The lowest BCUT2D eigenvalue weighted by Crippen LogP contribution is -2.47. The van der Waals surface area contributed by atoms with E-state index in [9.17, 15) is 14.7 Å². The van der Waals surface area contributed by atoms with Crippen LogP contribution in [0.5, 0.6) is 0 Å².